The monoisotopic (exact) mass is 497 g/mol. The van der Waals surface area contributed by atoms with E-state index in [0.717, 1.165) is 11.6 Å². The van der Waals surface area contributed by atoms with Crippen LogP contribution in [0, 0.1) is 11.6 Å². The number of pyridine rings is 1. The molecule has 11 heteroatoms. The second kappa shape index (κ2) is 10.3. The Kier molecular flexibility index (Phi) is 7.02. The van der Waals surface area contributed by atoms with Crippen LogP contribution in [0.25, 0.3) is 11.3 Å². The molecule has 2 aromatic heterocycles. The second-order valence-corrected chi connectivity index (χ2v) is 7.86. The number of anilines is 1. The van der Waals surface area contributed by atoms with Crippen LogP contribution in [0.1, 0.15) is 5.56 Å². The summed E-state index contributed by atoms with van der Waals surface area (Å²) in [7, 11) is 1.78. The topological polar surface area (TPSA) is 98.1 Å². The van der Waals surface area contributed by atoms with Crippen molar-refractivity contribution < 1.29 is 23.1 Å². The summed E-state index contributed by atoms with van der Waals surface area (Å²) in [6.45, 7) is 0. The first-order valence-corrected chi connectivity index (χ1v) is 10.6. The zero-order chi connectivity index (χ0) is 24.9. The molecule has 178 valence electrons. The quantitative estimate of drug-likeness (QED) is 0.386. The fourth-order valence-corrected chi connectivity index (χ4v) is 3.33. The number of carbonyl (C=O) groups is 2. The average Bonchev–Trinajstić information content (AvgIpc) is 3.25. The van der Waals surface area contributed by atoms with Crippen molar-refractivity contribution in [2.24, 2.45) is 7.05 Å². The summed E-state index contributed by atoms with van der Waals surface area (Å²) in [5.74, 6) is -1.53. The van der Waals surface area contributed by atoms with Crippen molar-refractivity contribution in [1.82, 2.24) is 20.1 Å². The third-order valence-electron chi connectivity index (χ3n) is 4.76. The van der Waals surface area contributed by atoms with Crippen LogP contribution in [-0.4, -0.2) is 26.7 Å². The lowest BCUT2D eigenvalue weighted by atomic mass is 10.1. The van der Waals surface area contributed by atoms with E-state index in [1.165, 1.54) is 36.5 Å². The number of ether oxygens (including phenoxy) is 1. The summed E-state index contributed by atoms with van der Waals surface area (Å²) in [6, 6.07) is 9.72. The molecule has 8 nitrogen and oxygen atoms in total. The number of imide groups is 1. The molecule has 4 aromatic rings. The summed E-state index contributed by atoms with van der Waals surface area (Å²) >= 11 is 6.23. The van der Waals surface area contributed by atoms with Crippen LogP contribution in [0.3, 0.4) is 0 Å². The van der Waals surface area contributed by atoms with Gasteiger partial charge < -0.3 is 10.1 Å². The lowest BCUT2D eigenvalue weighted by molar-refractivity contribution is -0.119. The van der Waals surface area contributed by atoms with Crippen molar-refractivity contribution in [2.75, 3.05) is 5.32 Å². The van der Waals surface area contributed by atoms with Crippen molar-refractivity contribution in [3.8, 4) is 22.8 Å². The van der Waals surface area contributed by atoms with Crippen molar-refractivity contribution in [3.05, 3.63) is 89.3 Å². The summed E-state index contributed by atoms with van der Waals surface area (Å²) in [5.41, 5.74) is 1.64. The molecule has 0 aliphatic heterocycles. The fraction of sp³-hybridized carbons (Fsp3) is 0.0833. The number of urea groups is 1. The summed E-state index contributed by atoms with van der Waals surface area (Å²) in [5, 5.41) is 8.44. The molecule has 4 rings (SSSR count). The zero-order valence-corrected chi connectivity index (χ0v) is 19.0. The van der Waals surface area contributed by atoms with Gasteiger partial charge in [0.2, 0.25) is 5.91 Å². The number of nitrogens with one attached hydrogen (secondary N) is 2. The smallest absolute Gasteiger partial charge is 0.325 e. The molecule has 0 radical (unpaired) electrons. The van der Waals surface area contributed by atoms with E-state index in [1.54, 1.807) is 36.3 Å². The second-order valence-electron chi connectivity index (χ2n) is 7.45. The fourth-order valence-electron chi connectivity index (χ4n) is 3.13. The van der Waals surface area contributed by atoms with Gasteiger partial charge in [-0.3, -0.25) is 19.8 Å². The Morgan fingerprint density at radius 2 is 1.89 bits per heavy atom. The molecule has 3 amide bonds. The van der Waals surface area contributed by atoms with Crippen LogP contribution < -0.4 is 15.4 Å². The van der Waals surface area contributed by atoms with Crippen LogP contribution in [0.15, 0.2) is 67.1 Å². The largest absolute Gasteiger partial charge is 0.456 e. The standard InChI is InChI=1S/C24H18ClF2N5O3/c1-32-13-15(12-29-32)20-9-17(6-7-28-20)35-22-11-19(27)21(10-18(22)25)30-24(34)31-23(33)8-14-2-4-16(26)5-3-14/h2-7,9-13H,8H2,1H3,(H2,30,31,33,34). The maximum Gasteiger partial charge on any atom is 0.325 e. The zero-order valence-electron chi connectivity index (χ0n) is 18.3. The molecular weight excluding hydrogens is 480 g/mol. The molecule has 0 unspecified atom stereocenters. The van der Waals surface area contributed by atoms with Crippen LogP contribution in [0.2, 0.25) is 5.02 Å². The van der Waals surface area contributed by atoms with Gasteiger partial charge in [-0.25, -0.2) is 13.6 Å². The number of nitrogens with zero attached hydrogens (tertiary/aromatic N) is 3. The van der Waals surface area contributed by atoms with Gasteiger partial charge in [0.1, 0.15) is 17.3 Å². The molecule has 0 bridgehead atoms. The third kappa shape index (κ3) is 6.18. The van der Waals surface area contributed by atoms with Crippen molar-refractivity contribution in [1.29, 1.82) is 0 Å². The van der Waals surface area contributed by atoms with Gasteiger partial charge in [-0.1, -0.05) is 23.7 Å². The number of rotatable bonds is 6. The van der Waals surface area contributed by atoms with Gasteiger partial charge >= 0.3 is 6.03 Å². The Balaban J connectivity index is 1.41. The minimum absolute atomic E-state index is 0.0193. The molecule has 35 heavy (non-hydrogen) atoms. The highest BCUT2D eigenvalue weighted by Crippen LogP contribution is 2.34. The van der Waals surface area contributed by atoms with E-state index < -0.39 is 23.6 Å². The van der Waals surface area contributed by atoms with Gasteiger partial charge in [0, 0.05) is 37.1 Å². The number of carbonyl (C=O) groups excluding carboxylic acids is 2. The van der Waals surface area contributed by atoms with Gasteiger partial charge in [-0.15, -0.1) is 0 Å². The van der Waals surface area contributed by atoms with Crippen LogP contribution in [0.4, 0.5) is 19.3 Å². The lowest BCUT2D eigenvalue weighted by Gasteiger charge is -2.12. The van der Waals surface area contributed by atoms with E-state index >= 15 is 0 Å². The third-order valence-corrected chi connectivity index (χ3v) is 5.06. The molecule has 0 atom stereocenters. The molecule has 0 saturated heterocycles. The molecule has 2 heterocycles. The molecular formula is C24H18ClF2N5O3. The number of aromatic nitrogens is 3. The Morgan fingerprint density at radius 1 is 1.11 bits per heavy atom. The predicted molar refractivity (Wildman–Crippen MR) is 125 cm³/mol. The SMILES string of the molecule is Cn1cc(-c2cc(Oc3cc(F)c(NC(=O)NC(=O)Cc4ccc(F)cc4)cc3Cl)ccn2)cn1. The number of halogens is 3. The van der Waals surface area contributed by atoms with E-state index in [2.05, 4.69) is 20.7 Å². The van der Waals surface area contributed by atoms with Crippen molar-refractivity contribution >= 4 is 29.2 Å². The molecule has 0 aliphatic rings. The van der Waals surface area contributed by atoms with E-state index in [-0.39, 0.29) is 22.9 Å². The highest BCUT2D eigenvalue weighted by atomic mass is 35.5. The number of aryl methyl sites for hydroxylation is 1. The first-order valence-electron chi connectivity index (χ1n) is 10.2. The van der Waals surface area contributed by atoms with Gasteiger partial charge in [0.25, 0.3) is 0 Å². The Hall–Kier alpha value is -4.31. The summed E-state index contributed by atoms with van der Waals surface area (Å²) in [4.78, 5) is 28.4. The molecule has 2 aromatic carbocycles. The first kappa shape index (κ1) is 23.8. The summed E-state index contributed by atoms with van der Waals surface area (Å²) < 4.78 is 34.9. The van der Waals surface area contributed by atoms with Crippen molar-refractivity contribution in [2.45, 2.75) is 6.42 Å². The number of hydrogen-bond donors (Lipinski definition) is 2. The van der Waals surface area contributed by atoms with Gasteiger partial charge in [0.05, 0.1) is 29.0 Å². The highest BCUT2D eigenvalue weighted by Gasteiger charge is 2.15. The molecule has 0 aliphatic carbocycles. The number of hydrogen-bond acceptors (Lipinski definition) is 5. The molecule has 2 N–H and O–H groups in total. The molecule has 0 saturated carbocycles. The first-order chi connectivity index (χ1) is 16.8. The Morgan fingerprint density at radius 3 is 2.60 bits per heavy atom. The Bertz CT molecular complexity index is 1390. The predicted octanol–water partition coefficient (Wildman–Crippen LogP) is 5.10. The van der Waals surface area contributed by atoms with Crippen LogP contribution >= 0.6 is 11.6 Å². The Labute approximate surface area is 203 Å². The normalized spacial score (nSPS) is 10.6. The van der Waals surface area contributed by atoms with Crippen LogP contribution in [0.5, 0.6) is 11.5 Å². The molecule has 0 spiro atoms. The van der Waals surface area contributed by atoms with Gasteiger partial charge in [0.15, 0.2) is 5.82 Å². The van der Waals surface area contributed by atoms with Crippen LogP contribution in [-0.2, 0) is 18.3 Å². The van der Waals surface area contributed by atoms with Crippen molar-refractivity contribution in [3.63, 3.8) is 0 Å². The molecule has 0 fully saturated rings. The maximum atomic E-state index is 14.6. The minimum Gasteiger partial charge on any atom is -0.456 e. The number of amides is 3. The van der Waals surface area contributed by atoms with E-state index in [1.807, 2.05) is 0 Å². The van der Waals surface area contributed by atoms with Gasteiger partial charge in [-0.2, -0.15) is 5.10 Å². The van der Waals surface area contributed by atoms with Gasteiger partial charge in [-0.05, 0) is 29.8 Å². The van der Waals surface area contributed by atoms with E-state index in [9.17, 15) is 18.4 Å². The number of benzene rings is 2. The average molecular weight is 498 g/mol. The van der Waals surface area contributed by atoms with E-state index in [0.29, 0.717) is 17.0 Å². The summed E-state index contributed by atoms with van der Waals surface area (Å²) in [6.07, 6.45) is 4.81. The maximum absolute atomic E-state index is 14.6. The highest BCUT2D eigenvalue weighted by molar-refractivity contribution is 6.32. The van der Waals surface area contributed by atoms with E-state index in [4.69, 9.17) is 16.3 Å². The minimum atomic E-state index is -0.948. The lowest BCUT2D eigenvalue weighted by Crippen LogP contribution is -2.35.